The third-order valence-corrected chi connectivity index (χ3v) is 3.24. The predicted octanol–water partition coefficient (Wildman–Crippen LogP) is 2.47. The van der Waals surface area contributed by atoms with Crippen LogP contribution in [0.2, 0.25) is 0 Å². The summed E-state index contributed by atoms with van der Waals surface area (Å²) < 4.78 is 5.51. The topological polar surface area (TPSA) is 38.2 Å². The van der Waals surface area contributed by atoms with E-state index < -0.39 is 0 Å². The van der Waals surface area contributed by atoms with Crippen molar-refractivity contribution < 1.29 is 4.74 Å². The minimum atomic E-state index is 0.359. The van der Waals surface area contributed by atoms with Gasteiger partial charge in [0.05, 0.1) is 6.61 Å². The smallest absolute Gasteiger partial charge is 0.228 e. The summed E-state index contributed by atoms with van der Waals surface area (Å²) in [5, 5.41) is 0. The lowest BCUT2D eigenvalue weighted by atomic mass is 10.2. The number of ether oxygens (including phenoxy) is 1. The van der Waals surface area contributed by atoms with E-state index in [0.717, 1.165) is 31.8 Å². The molecular weight excluding hydrogens is 238 g/mol. The zero-order chi connectivity index (χ0) is 12.1. The molecule has 1 aromatic rings. The Morgan fingerprint density at radius 3 is 3.24 bits per heavy atom. The van der Waals surface area contributed by atoms with E-state index in [9.17, 15) is 0 Å². The third kappa shape index (κ3) is 3.00. The highest BCUT2D eigenvalue weighted by molar-refractivity contribution is 6.18. The van der Waals surface area contributed by atoms with Crippen molar-refractivity contribution in [1.82, 2.24) is 9.97 Å². The average molecular weight is 256 g/mol. The van der Waals surface area contributed by atoms with Gasteiger partial charge in [0.2, 0.25) is 11.8 Å². The summed E-state index contributed by atoms with van der Waals surface area (Å²) in [4.78, 5) is 10.9. The van der Waals surface area contributed by atoms with Gasteiger partial charge in [0.25, 0.3) is 0 Å². The molecule has 5 heteroatoms. The Morgan fingerprint density at radius 1 is 1.59 bits per heavy atom. The molecule has 1 aliphatic rings. The molecular formula is C12H18ClN3O. The third-order valence-electron chi connectivity index (χ3n) is 2.88. The van der Waals surface area contributed by atoms with Gasteiger partial charge in [0.1, 0.15) is 0 Å². The van der Waals surface area contributed by atoms with Crippen molar-refractivity contribution in [1.29, 1.82) is 0 Å². The Morgan fingerprint density at radius 2 is 2.47 bits per heavy atom. The first-order valence-corrected chi connectivity index (χ1v) is 6.67. The second-order valence-electron chi connectivity index (χ2n) is 4.19. The molecule has 17 heavy (non-hydrogen) atoms. The Hall–Kier alpha value is -1.03. The first-order valence-electron chi connectivity index (χ1n) is 6.13. The Balaban J connectivity index is 2.09. The number of hydrogen-bond donors (Lipinski definition) is 0. The van der Waals surface area contributed by atoms with E-state index in [1.54, 1.807) is 12.3 Å². The van der Waals surface area contributed by atoms with Gasteiger partial charge in [0.15, 0.2) is 0 Å². The van der Waals surface area contributed by atoms with Gasteiger partial charge in [-0.15, -0.1) is 11.6 Å². The van der Waals surface area contributed by atoms with Gasteiger partial charge in [-0.05, 0) is 19.3 Å². The number of alkyl halides is 1. The Kier molecular flexibility index (Phi) is 4.42. The average Bonchev–Trinajstić information content (AvgIpc) is 2.85. The monoisotopic (exact) mass is 255 g/mol. The van der Waals surface area contributed by atoms with E-state index in [4.69, 9.17) is 16.3 Å². The molecule has 0 bridgehead atoms. The number of hydrogen-bond acceptors (Lipinski definition) is 4. The lowest BCUT2D eigenvalue weighted by Crippen LogP contribution is -2.32. The van der Waals surface area contributed by atoms with E-state index >= 15 is 0 Å². The van der Waals surface area contributed by atoms with E-state index in [0.29, 0.717) is 24.4 Å². The highest BCUT2D eigenvalue weighted by Gasteiger charge is 2.25. The molecule has 0 saturated carbocycles. The van der Waals surface area contributed by atoms with Crippen molar-refractivity contribution in [2.75, 3.05) is 23.9 Å². The maximum atomic E-state index is 5.95. The van der Waals surface area contributed by atoms with Gasteiger partial charge < -0.3 is 9.64 Å². The van der Waals surface area contributed by atoms with Crippen molar-refractivity contribution in [2.45, 2.75) is 32.2 Å². The van der Waals surface area contributed by atoms with Crippen molar-refractivity contribution in [3.8, 4) is 5.88 Å². The molecule has 4 nitrogen and oxygen atoms in total. The summed E-state index contributed by atoms with van der Waals surface area (Å²) in [6, 6.07) is 2.16. The highest BCUT2D eigenvalue weighted by Crippen LogP contribution is 2.24. The fourth-order valence-electron chi connectivity index (χ4n) is 2.02. The van der Waals surface area contributed by atoms with Gasteiger partial charge in [-0.25, -0.2) is 4.98 Å². The van der Waals surface area contributed by atoms with Gasteiger partial charge in [-0.1, -0.05) is 6.92 Å². The zero-order valence-electron chi connectivity index (χ0n) is 10.1. The SMILES string of the molecule is CCCOc1ccnc(N2CCCC2CCl)n1. The van der Waals surface area contributed by atoms with Gasteiger partial charge in [-0.3, -0.25) is 0 Å². The summed E-state index contributed by atoms with van der Waals surface area (Å²) in [5.41, 5.74) is 0. The summed E-state index contributed by atoms with van der Waals surface area (Å²) in [6.07, 6.45) is 5.00. The first-order chi connectivity index (χ1) is 8.35. The largest absolute Gasteiger partial charge is 0.478 e. The molecule has 0 amide bonds. The van der Waals surface area contributed by atoms with Crippen LogP contribution in [0, 0.1) is 0 Å². The molecule has 1 aromatic heterocycles. The molecule has 0 aromatic carbocycles. The second-order valence-corrected chi connectivity index (χ2v) is 4.50. The van der Waals surface area contributed by atoms with Crippen LogP contribution in [-0.4, -0.2) is 35.0 Å². The fraction of sp³-hybridized carbons (Fsp3) is 0.667. The second kappa shape index (κ2) is 6.05. The van der Waals surface area contributed by atoms with Crippen molar-refractivity contribution in [3.63, 3.8) is 0 Å². The normalized spacial score (nSPS) is 19.6. The molecule has 1 fully saturated rings. The summed E-state index contributed by atoms with van der Waals surface area (Å²) >= 11 is 5.95. The lowest BCUT2D eigenvalue weighted by molar-refractivity contribution is 0.304. The fourth-order valence-corrected chi connectivity index (χ4v) is 2.34. The summed E-state index contributed by atoms with van der Waals surface area (Å²) in [6.45, 7) is 3.75. The van der Waals surface area contributed by atoms with Crippen molar-refractivity contribution in [2.24, 2.45) is 0 Å². The van der Waals surface area contributed by atoms with Crippen LogP contribution in [0.1, 0.15) is 26.2 Å². The number of halogens is 1. The van der Waals surface area contributed by atoms with Crippen molar-refractivity contribution >= 4 is 17.5 Å². The predicted molar refractivity (Wildman–Crippen MR) is 68.9 cm³/mol. The van der Waals surface area contributed by atoms with Gasteiger partial charge in [0, 0.05) is 30.7 Å². The van der Waals surface area contributed by atoms with Crippen LogP contribution in [0.4, 0.5) is 5.95 Å². The number of rotatable bonds is 5. The molecule has 1 aliphatic heterocycles. The van der Waals surface area contributed by atoms with E-state index in [2.05, 4.69) is 21.8 Å². The maximum Gasteiger partial charge on any atom is 0.228 e. The molecule has 2 rings (SSSR count). The van der Waals surface area contributed by atoms with Crippen LogP contribution in [0.25, 0.3) is 0 Å². The lowest BCUT2D eigenvalue weighted by Gasteiger charge is -2.22. The number of nitrogens with zero attached hydrogens (tertiary/aromatic N) is 3. The van der Waals surface area contributed by atoms with Crippen LogP contribution < -0.4 is 9.64 Å². The van der Waals surface area contributed by atoms with E-state index in [-0.39, 0.29) is 0 Å². The molecule has 0 spiro atoms. The zero-order valence-corrected chi connectivity index (χ0v) is 10.9. The minimum Gasteiger partial charge on any atom is -0.478 e. The van der Waals surface area contributed by atoms with E-state index in [1.165, 1.54) is 0 Å². The van der Waals surface area contributed by atoms with Crippen molar-refractivity contribution in [3.05, 3.63) is 12.3 Å². The quantitative estimate of drug-likeness (QED) is 0.758. The molecule has 1 unspecified atom stereocenters. The molecule has 94 valence electrons. The molecule has 0 aliphatic carbocycles. The number of anilines is 1. The van der Waals surface area contributed by atoms with Crippen LogP contribution in [0.15, 0.2) is 12.3 Å². The molecule has 0 radical (unpaired) electrons. The van der Waals surface area contributed by atoms with Crippen LogP contribution in [-0.2, 0) is 0 Å². The standard InChI is InChI=1S/C12H18ClN3O/c1-2-8-17-11-5-6-14-12(15-11)16-7-3-4-10(16)9-13/h5-6,10H,2-4,7-9H2,1H3. The van der Waals surface area contributed by atoms with E-state index in [1.807, 2.05) is 0 Å². The Bertz CT molecular complexity index is 361. The molecule has 0 N–H and O–H groups in total. The molecule has 1 atom stereocenters. The first kappa shape index (κ1) is 12.4. The molecule has 1 saturated heterocycles. The summed E-state index contributed by atoms with van der Waals surface area (Å²) in [5.74, 6) is 2.02. The van der Waals surface area contributed by atoms with Crippen LogP contribution >= 0.6 is 11.6 Å². The minimum absolute atomic E-state index is 0.359. The summed E-state index contributed by atoms with van der Waals surface area (Å²) in [7, 11) is 0. The van der Waals surface area contributed by atoms with Gasteiger partial charge in [-0.2, -0.15) is 4.98 Å². The highest BCUT2D eigenvalue weighted by atomic mass is 35.5. The Labute approximate surface area is 107 Å². The van der Waals surface area contributed by atoms with Crippen LogP contribution in [0.5, 0.6) is 5.88 Å². The number of aromatic nitrogens is 2. The van der Waals surface area contributed by atoms with Crippen LogP contribution in [0.3, 0.4) is 0 Å². The van der Waals surface area contributed by atoms with Gasteiger partial charge >= 0.3 is 0 Å². The molecule has 2 heterocycles. The maximum absolute atomic E-state index is 5.95.